The second-order valence-corrected chi connectivity index (χ2v) is 5.22. The van der Waals surface area contributed by atoms with Gasteiger partial charge in [-0.1, -0.05) is 23.7 Å². The molecule has 0 fully saturated rings. The highest BCUT2D eigenvalue weighted by Crippen LogP contribution is 2.18. The lowest BCUT2D eigenvalue weighted by Gasteiger charge is -2.18. The number of halogens is 1. The van der Waals surface area contributed by atoms with Gasteiger partial charge in [-0.3, -0.25) is 4.79 Å². The van der Waals surface area contributed by atoms with Gasteiger partial charge >= 0.3 is 0 Å². The van der Waals surface area contributed by atoms with Crippen LogP contribution >= 0.6 is 11.6 Å². The minimum absolute atomic E-state index is 0.0718. The van der Waals surface area contributed by atoms with Crippen LogP contribution in [-0.2, 0) is 6.54 Å². The molecule has 1 N–H and O–H groups in total. The third-order valence-electron chi connectivity index (χ3n) is 3.12. The Hall–Kier alpha value is -2.00. The summed E-state index contributed by atoms with van der Waals surface area (Å²) in [6.45, 7) is 2.32. The Bertz CT molecular complexity index is 623. The summed E-state index contributed by atoms with van der Waals surface area (Å²) in [5.74, 6) is 0.0943. The quantitative estimate of drug-likeness (QED) is 0.937. The van der Waals surface area contributed by atoms with E-state index in [0.717, 1.165) is 11.1 Å². The number of carbonyl (C=O) groups excluding carboxylic acids is 1. The summed E-state index contributed by atoms with van der Waals surface area (Å²) in [6, 6.07) is 12.2. The van der Waals surface area contributed by atoms with E-state index in [4.69, 9.17) is 11.6 Å². The lowest BCUT2D eigenvalue weighted by atomic mass is 10.1. The number of benzene rings is 2. The summed E-state index contributed by atoms with van der Waals surface area (Å²) in [6.07, 6.45) is 0. The molecule has 20 heavy (non-hydrogen) atoms. The van der Waals surface area contributed by atoms with Gasteiger partial charge in [-0.25, -0.2) is 0 Å². The third kappa shape index (κ3) is 3.31. The average Bonchev–Trinajstić information content (AvgIpc) is 2.40. The van der Waals surface area contributed by atoms with E-state index in [2.05, 4.69) is 0 Å². The third-order valence-corrected chi connectivity index (χ3v) is 3.37. The highest BCUT2D eigenvalue weighted by Gasteiger charge is 2.14. The fraction of sp³-hybridized carbons (Fsp3) is 0.188. The standard InChI is InChI=1S/C16H16ClNO2/c1-11-9-14(19)7-8-15(11)16(20)18(2)10-12-3-5-13(17)6-4-12/h3-9,19H,10H2,1-2H3. The molecule has 2 rings (SSSR count). The molecular formula is C16H16ClNO2. The van der Waals surface area contributed by atoms with Crippen molar-refractivity contribution in [3.63, 3.8) is 0 Å². The van der Waals surface area contributed by atoms with Gasteiger partial charge in [0.1, 0.15) is 5.75 Å². The number of hydrogen-bond donors (Lipinski definition) is 1. The maximum atomic E-state index is 12.4. The number of phenolic OH excluding ortho intramolecular Hbond substituents is 1. The molecule has 0 spiro atoms. The molecule has 0 aliphatic rings. The highest BCUT2D eigenvalue weighted by molar-refractivity contribution is 6.30. The molecule has 2 aromatic carbocycles. The topological polar surface area (TPSA) is 40.5 Å². The van der Waals surface area contributed by atoms with Crippen LogP contribution in [0.5, 0.6) is 5.75 Å². The summed E-state index contributed by atoms with van der Waals surface area (Å²) < 4.78 is 0. The van der Waals surface area contributed by atoms with Crippen LogP contribution in [0.1, 0.15) is 21.5 Å². The Labute approximate surface area is 123 Å². The van der Waals surface area contributed by atoms with E-state index < -0.39 is 0 Å². The van der Waals surface area contributed by atoms with E-state index >= 15 is 0 Å². The van der Waals surface area contributed by atoms with E-state index in [1.165, 1.54) is 6.07 Å². The van der Waals surface area contributed by atoms with Crippen LogP contribution in [-0.4, -0.2) is 23.0 Å². The van der Waals surface area contributed by atoms with Crippen molar-refractivity contribution < 1.29 is 9.90 Å². The first kappa shape index (κ1) is 14.4. The van der Waals surface area contributed by atoms with Gasteiger partial charge in [-0.2, -0.15) is 0 Å². The van der Waals surface area contributed by atoms with E-state index in [9.17, 15) is 9.90 Å². The molecule has 0 aromatic heterocycles. The van der Waals surface area contributed by atoms with Gasteiger partial charge in [0.2, 0.25) is 0 Å². The zero-order valence-corrected chi connectivity index (χ0v) is 12.2. The van der Waals surface area contributed by atoms with Gasteiger partial charge in [0.25, 0.3) is 5.91 Å². The van der Waals surface area contributed by atoms with Crippen molar-refractivity contribution in [3.05, 3.63) is 64.2 Å². The summed E-state index contributed by atoms with van der Waals surface area (Å²) in [7, 11) is 1.75. The van der Waals surface area contributed by atoms with Gasteiger partial charge < -0.3 is 10.0 Å². The van der Waals surface area contributed by atoms with Crippen molar-refractivity contribution in [2.75, 3.05) is 7.05 Å². The van der Waals surface area contributed by atoms with Crippen LogP contribution in [0.4, 0.5) is 0 Å². The molecule has 0 atom stereocenters. The molecule has 0 saturated carbocycles. The van der Waals surface area contributed by atoms with Crippen LogP contribution in [0.25, 0.3) is 0 Å². The number of hydrogen-bond acceptors (Lipinski definition) is 2. The van der Waals surface area contributed by atoms with Crippen molar-refractivity contribution in [1.29, 1.82) is 0 Å². The Morgan fingerprint density at radius 3 is 2.45 bits per heavy atom. The molecule has 0 radical (unpaired) electrons. The SMILES string of the molecule is Cc1cc(O)ccc1C(=O)N(C)Cc1ccc(Cl)cc1. The number of carbonyl (C=O) groups is 1. The summed E-state index contributed by atoms with van der Waals surface area (Å²) in [4.78, 5) is 14.0. The van der Waals surface area contributed by atoms with E-state index in [-0.39, 0.29) is 11.7 Å². The molecule has 1 amide bonds. The highest BCUT2D eigenvalue weighted by atomic mass is 35.5. The molecule has 0 bridgehead atoms. The average molecular weight is 290 g/mol. The molecule has 0 heterocycles. The first-order valence-corrected chi connectivity index (χ1v) is 6.64. The second-order valence-electron chi connectivity index (χ2n) is 4.79. The number of rotatable bonds is 3. The predicted molar refractivity (Wildman–Crippen MR) is 80.1 cm³/mol. The Morgan fingerprint density at radius 1 is 1.20 bits per heavy atom. The fourth-order valence-corrected chi connectivity index (χ4v) is 2.15. The molecule has 0 unspecified atom stereocenters. The van der Waals surface area contributed by atoms with Gasteiger partial charge in [0.05, 0.1) is 0 Å². The van der Waals surface area contributed by atoms with Crippen LogP contribution in [0, 0.1) is 6.92 Å². The lowest BCUT2D eigenvalue weighted by Crippen LogP contribution is -2.26. The molecule has 4 heteroatoms. The molecule has 0 aliphatic carbocycles. The van der Waals surface area contributed by atoms with Crippen LogP contribution in [0.15, 0.2) is 42.5 Å². The molecule has 2 aromatic rings. The second kappa shape index (κ2) is 5.97. The van der Waals surface area contributed by atoms with Gasteiger partial charge in [0, 0.05) is 24.2 Å². The van der Waals surface area contributed by atoms with Crippen LogP contribution < -0.4 is 0 Å². The monoisotopic (exact) mass is 289 g/mol. The molecule has 0 aliphatic heterocycles. The van der Waals surface area contributed by atoms with E-state index in [0.29, 0.717) is 17.1 Å². The molecule has 3 nitrogen and oxygen atoms in total. The van der Waals surface area contributed by atoms with Crippen molar-refractivity contribution in [1.82, 2.24) is 4.90 Å². The van der Waals surface area contributed by atoms with Crippen LogP contribution in [0.3, 0.4) is 0 Å². The van der Waals surface area contributed by atoms with Gasteiger partial charge in [-0.05, 0) is 48.4 Å². The van der Waals surface area contributed by atoms with Crippen molar-refractivity contribution >= 4 is 17.5 Å². The van der Waals surface area contributed by atoms with Crippen molar-refractivity contribution in [2.24, 2.45) is 0 Å². The van der Waals surface area contributed by atoms with Gasteiger partial charge in [0.15, 0.2) is 0 Å². The van der Waals surface area contributed by atoms with Gasteiger partial charge in [-0.15, -0.1) is 0 Å². The summed E-state index contributed by atoms with van der Waals surface area (Å²) >= 11 is 5.84. The smallest absolute Gasteiger partial charge is 0.254 e. The first-order valence-electron chi connectivity index (χ1n) is 6.27. The van der Waals surface area contributed by atoms with E-state index in [1.54, 1.807) is 36.2 Å². The molecular weight excluding hydrogens is 274 g/mol. The normalized spacial score (nSPS) is 10.3. The number of aromatic hydroxyl groups is 1. The Kier molecular flexibility index (Phi) is 4.30. The number of aryl methyl sites for hydroxylation is 1. The first-order chi connectivity index (χ1) is 9.47. The largest absolute Gasteiger partial charge is 0.508 e. The maximum absolute atomic E-state index is 12.4. The molecule has 0 saturated heterocycles. The predicted octanol–water partition coefficient (Wildman–Crippen LogP) is 3.63. The lowest BCUT2D eigenvalue weighted by molar-refractivity contribution is 0.0784. The number of nitrogens with zero attached hydrogens (tertiary/aromatic N) is 1. The maximum Gasteiger partial charge on any atom is 0.254 e. The zero-order chi connectivity index (χ0) is 14.7. The van der Waals surface area contributed by atoms with Crippen molar-refractivity contribution in [3.8, 4) is 5.75 Å². The summed E-state index contributed by atoms with van der Waals surface area (Å²) in [5.41, 5.74) is 2.37. The molecule has 104 valence electrons. The zero-order valence-electron chi connectivity index (χ0n) is 11.4. The minimum atomic E-state index is -0.0718. The Balaban J connectivity index is 2.14. The minimum Gasteiger partial charge on any atom is -0.508 e. The fourth-order valence-electron chi connectivity index (χ4n) is 2.03. The van der Waals surface area contributed by atoms with E-state index in [1.807, 2.05) is 19.1 Å². The number of phenols is 1. The number of amides is 1. The van der Waals surface area contributed by atoms with Crippen molar-refractivity contribution in [2.45, 2.75) is 13.5 Å². The summed E-state index contributed by atoms with van der Waals surface area (Å²) in [5, 5.41) is 10.1. The van der Waals surface area contributed by atoms with Crippen LogP contribution in [0.2, 0.25) is 5.02 Å². The Morgan fingerprint density at radius 2 is 1.85 bits per heavy atom.